The molecular formula is C12H14O2. The zero-order valence-electron chi connectivity index (χ0n) is 8.18. The summed E-state index contributed by atoms with van der Waals surface area (Å²) in [5.74, 6) is -0.0520. The molecule has 1 atom stereocenters. The summed E-state index contributed by atoms with van der Waals surface area (Å²) in [6.07, 6.45) is 2.61. The third-order valence-electron chi connectivity index (χ3n) is 1.93. The van der Waals surface area contributed by atoms with E-state index in [0.29, 0.717) is 0 Å². The van der Waals surface area contributed by atoms with Crippen LogP contribution in [0, 0.1) is 0 Å². The van der Waals surface area contributed by atoms with Gasteiger partial charge in [0.05, 0.1) is 6.10 Å². The minimum atomic E-state index is -0.695. The molecular weight excluding hydrogens is 176 g/mol. The molecule has 1 aromatic carbocycles. The van der Waals surface area contributed by atoms with E-state index in [1.54, 1.807) is 13.0 Å². The molecule has 0 heterocycles. The summed E-state index contributed by atoms with van der Waals surface area (Å²) in [7, 11) is 0. The topological polar surface area (TPSA) is 37.3 Å². The Hall–Kier alpha value is -1.41. The predicted octanol–water partition coefficient (Wildman–Crippen LogP) is 2.26. The average Bonchev–Trinajstić information content (AvgIpc) is 2.19. The van der Waals surface area contributed by atoms with Crippen LogP contribution in [0.1, 0.15) is 25.0 Å². The molecule has 0 amide bonds. The van der Waals surface area contributed by atoms with E-state index in [2.05, 4.69) is 0 Å². The lowest BCUT2D eigenvalue weighted by Crippen LogP contribution is -2.03. The van der Waals surface area contributed by atoms with E-state index in [0.717, 1.165) is 5.56 Å². The largest absolute Gasteiger partial charge is 0.388 e. The minimum absolute atomic E-state index is 0.0520. The number of ketones is 1. The van der Waals surface area contributed by atoms with Crippen molar-refractivity contribution in [2.45, 2.75) is 19.4 Å². The highest BCUT2D eigenvalue weighted by atomic mass is 16.3. The Morgan fingerprint density at radius 1 is 1.43 bits per heavy atom. The van der Waals surface area contributed by atoms with Crippen LogP contribution in [0.15, 0.2) is 42.5 Å². The van der Waals surface area contributed by atoms with Crippen LogP contribution in [0.25, 0.3) is 0 Å². The van der Waals surface area contributed by atoms with E-state index in [9.17, 15) is 9.90 Å². The number of benzene rings is 1. The van der Waals surface area contributed by atoms with Gasteiger partial charge in [-0.15, -0.1) is 0 Å². The van der Waals surface area contributed by atoms with Gasteiger partial charge >= 0.3 is 0 Å². The van der Waals surface area contributed by atoms with Gasteiger partial charge in [0, 0.05) is 6.42 Å². The van der Waals surface area contributed by atoms with E-state index in [1.165, 1.54) is 6.08 Å². The summed E-state index contributed by atoms with van der Waals surface area (Å²) < 4.78 is 0. The SMILES string of the molecule is C/C=C/C(=O)CC(O)c1ccccc1. The quantitative estimate of drug-likeness (QED) is 0.739. The molecule has 74 valence electrons. The number of hydrogen-bond donors (Lipinski definition) is 1. The normalized spacial score (nSPS) is 13.0. The summed E-state index contributed by atoms with van der Waals surface area (Å²) >= 11 is 0. The van der Waals surface area contributed by atoms with Gasteiger partial charge in [-0.25, -0.2) is 0 Å². The van der Waals surface area contributed by atoms with Crippen molar-refractivity contribution in [2.75, 3.05) is 0 Å². The second-order valence-corrected chi connectivity index (χ2v) is 3.10. The van der Waals surface area contributed by atoms with Gasteiger partial charge in [0.15, 0.2) is 5.78 Å². The van der Waals surface area contributed by atoms with Crippen LogP contribution in [-0.2, 0) is 4.79 Å². The third kappa shape index (κ3) is 3.15. The van der Waals surface area contributed by atoms with Crippen molar-refractivity contribution in [2.24, 2.45) is 0 Å². The van der Waals surface area contributed by atoms with Gasteiger partial charge in [-0.2, -0.15) is 0 Å². The Labute approximate surface area is 83.9 Å². The van der Waals surface area contributed by atoms with E-state index < -0.39 is 6.10 Å². The standard InChI is InChI=1S/C12H14O2/c1-2-6-11(13)9-12(14)10-7-4-3-5-8-10/h2-8,12,14H,9H2,1H3/b6-2+. The van der Waals surface area contributed by atoms with Crippen LogP contribution >= 0.6 is 0 Å². The molecule has 1 unspecified atom stereocenters. The lowest BCUT2D eigenvalue weighted by atomic mass is 10.0. The van der Waals surface area contributed by atoms with Crippen molar-refractivity contribution in [3.8, 4) is 0 Å². The van der Waals surface area contributed by atoms with Crippen molar-refractivity contribution in [3.05, 3.63) is 48.0 Å². The number of aliphatic hydroxyl groups is 1. The molecule has 0 spiro atoms. The van der Waals surface area contributed by atoms with E-state index in [-0.39, 0.29) is 12.2 Å². The van der Waals surface area contributed by atoms with E-state index in [1.807, 2.05) is 30.3 Å². The molecule has 0 aliphatic heterocycles. The van der Waals surface area contributed by atoms with Crippen LogP contribution in [0.4, 0.5) is 0 Å². The molecule has 14 heavy (non-hydrogen) atoms. The van der Waals surface area contributed by atoms with Gasteiger partial charge in [-0.1, -0.05) is 36.4 Å². The van der Waals surface area contributed by atoms with Crippen molar-refractivity contribution in [3.63, 3.8) is 0 Å². The van der Waals surface area contributed by atoms with Crippen LogP contribution in [0.5, 0.6) is 0 Å². The van der Waals surface area contributed by atoms with Crippen molar-refractivity contribution < 1.29 is 9.90 Å². The maximum Gasteiger partial charge on any atom is 0.158 e. The summed E-state index contributed by atoms with van der Waals surface area (Å²) in [6.45, 7) is 1.78. The number of allylic oxidation sites excluding steroid dienone is 2. The molecule has 0 aliphatic rings. The molecule has 2 heteroatoms. The van der Waals surface area contributed by atoms with Crippen LogP contribution in [0.3, 0.4) is 0 Å². The van der Waals surface area contributed by atoms with Crippen molar-refractivity contribution in [1.82, 2.24) is 0 Å². The van der Waals surface area contributed by atoms with Crippen LogP contribution < -0.4 is 0 Å². The second-order valence-electron chi connectivity index (χ2n) is 3.10. The zero-order valence-corrected chi connectivity index (χ0v) is 8.18. The number of carbonyl (C=O) groups is 1. The molecule has 2 nitrogen and oxygen atoms in total. The van der Waals surface area contributed by atoms with Crippen LogP contribution in [0.2, 0.25) is 0 Å². The van der Waals surface area contributed by atoms with E-state index in [4.69, 9.17) is 0 Å². The Bertz CT molecular complexity index is 314. The molecule has 1 aromatic rings. The monoisotopic (exact) mass is 190 g/mol. The maximum absolute atomic E-state index is 11.2. The highest BCUT2D eigenvalue weighted by molar-refractivity contribution is 5.89. The molecule has 0 fully saturated rings. The van der Waals surface area contributed by atoms with Gasteiger partial charge in [0.2, 0.25) is 0 Å². The Morgan fingerprint density at radius 3 is 2.64 bits per heavy atom. The van der Waals surface area contributed by atoms with Gasteiger partial charge in [0.25, 0.3) is 0 Å². The first-order valence-electron chi connectivity index (χ1n) is 4.62. The lowest BCUT2D eigenvalue weighted by Gasteiger charge is -2.07. The van der Waals surface area contributed by atoms with Crippen molar-refractivity contribution >= 4 is 5.78 Å². The fourth-order valence-electron chi connectivity index (χ4n) is 1.24. The van der Waals surface area contributed by atoms with E-state index >= 15 is 0 Å². The van der Waals surface area contributed by atoms with Gasteiger partial charge in [-0.05, 0) is 18.6 Å². The first kappa shape index (κ1) is 10.7. The Kier molecular flexibility index (Phi) is 4.08. The Balaban J connectivity index is 2.59. The molecule has 0 bridgehead atoms. The lowest BCUT2D eigenvalue weighted by molar-refractivity contribution is -0.116. The minimum Gasteiger partial charge on any atom is -0.388 e. The smallest absolute Gasteiger partial charge is 0.158 e. The molecule has 0 aliphatic carbocycles. The molecule has 0 radical (unpaired) electrons. The third-order valence-corrected chi connectivity index (χ3v) is 1.93. The van der Waals surface area contributed by atoms with Gasteiger partial charge in [0.1, 0.15) is 0 Å². The second kappa shape index (κ2) is 5.35. The number of aliphatic hydroxyl groups excluding tert-OH is 1. The first-order valence-corrected chi connectivity index (χ1v) is 4.62. The maximum atomic E-state index is 11.2. The molecule has 1 N–H and O–H groups in total. The highest BCUT2D eigenvalue weighted by Crippen LogP contribution is 2.16. The van der Waals surface area contributed by atoms with Gasteiger partial charge < -0.3 is 5.11 Å². The number of carbonyl (C=O) groups excluding carboxylic acids is 1. The summed E-state index contributed by atoms with van der Waals surface area (Å²) in [6, 6.07) is 9.20. The predicted molar refractivity (Wildman–Crippen MR) is 55.8 cm³/mol. The fourth-order valence-corrected chi connectivity index (χ4v) is 1.24. The number of rotatable bonds is 4. The first-order chi connectivity index (χ1) is 6.74. The fraction of sp³-hybridized carbons (Fsp3) is 0.250. The summed E-state index contributed by atoms with van der Waals surface area (Å²) in [5.41, 5.74) is 0.783. The summed E-state index contributed by atoms with van der Waals surface area (Å²) in [5, 5.41) is 9.66. The van der Waals surface area contributed by atoms with Crippen molar-refractivity contribution in [1.29, 1.82) is 0 Å². The molecule has 0 saturated carbocycles. The molecule has 0 saturated heterocycles. The molecule has 0 aromatic heterocycles. The van der Waals surface area contributed by atoms with Gasteiger partial charge in [-0.3, -0.25) is 4.79 Å². The Morgan fingerprint density at radius 2 is 2.07 bits per heavy atom. The highest BCUT2D eigenvalue weighted by Gasteiger charge is 2.09. The summed E-state index contributed by atoms with van der Waals surface area (Å²) in [4.78, 5) is 11.2. The zero-order chi connectivity index (χ0) is 10.4. The molecule has 1 rings (SSSR count). The van der Waals surface area contributed by atoms with Crippen LogP contribution in [-0.4, -0.2) is 10.9 Å². The number of hydrogen-bond acceptors (Lipinski definition) is 2. The average molecular weight is 190 g/mol.